The van der Waals surface area contributed by atoms with Gasteiger partial charge in [0.25, 0.3) is 11.8 Å². The smallest absolute Gasteiger partial charge is 0.336 e. The van der Waals surface area contributed by atoms with E-state index in [-0.39, 0.29) is 42.6 Å². The molecule has 0 radical (unpaired) electrons. The maximum atomic E-state index is 13.5. The Kier molecular flexibility index (Phi) is 14.2. The molecule has 18 nitrogen and oxygen atoms in total. The molecule has 3 aromatic carbocycles. The predicted octanol–water partition coefficient (Wildman–Crippen LogP) is 3.17. The summed E-state index contributed by atoms with van der Waals surface area (Å²) in [6.07, 6.45) is 4.00. The SMILES string of the molecule is Cc1cc(C(=O)NC[C@@H](O)[C@@H](O)[C@@H]2O[C@@](C/C=C/c3cccc(CNC(=O)c4ccc5nc[nH]c5c4)c3)(C(=O)O)C[C@H](O)[C@H]2NC(=O)Cn2cc(C3CCCCC3)nn2)cc(C)c1O. The number of carboxylic acid groups (broad SMARTS) is 1. The van der Waals surface area contributed by atoms with Crippen molar-refractivity contribution in [2.45, 2.75) is 114 Å². The zero-order valence-electron chi connectivity index (χ0n) is 35.6. The summed E-state index contributed by atoms with van der Waals surface area (Å²) in [5.41, 5.74) is 3.14. The monoisotopic (exact) mass is 878 g/mol. The number of hydrogen-bond donors (Lipinski definition) is 9. The normalized spacial score (nSPS) is 21.4. The van der Waals surface area contributed by atoms with E-state index in [4.69, 9.17) is 4.74 Å². The second kappa shape index (κ2) is 19.9. The van der Waals surface area contributed by atoms with E-state index in [1.165, 1.54) is 16.8 Å². The van der Waals surface area contributed by atoms with Crippen molar-refractivity contribution in [3.8, 4) is 5.75 Å². The number of rotatable bonds is 16. The van der Waals surface area contributed by atoms with Crippen LogP contribution in [0.15, 0.2) is 73.2 Å². The molecule has 7 rings (SSSR count). The lowest BCUT2D eigenvalue weighted by molar-refractivity contribution is -0.226. The van der Waals surface area contributed by atoms with E-state index in [9.17, 15) is 44.7 Å². The number of carbonyl (C=O) groups is 4. The van der Waals surface area contributed by atoms with Gasteiger partial charge in [0.2, 0.25) is 5.91 Å². The van der Waals surface area contributed by atoms with Gasteiger partial charge in [0.1, 0.15) is 24.5 Å². The minimum Gasteiger partial charge on any atom is -0.507 e. The number of ether oxygens (including phenoxy) is 1. The van der Waals surface area contributed by atoms with Gasteiger partial charge in [0.15, 0.2) is 5.60 Å². The molecular formula is C46H54N8O10. The van der Waals surface area contributed by atoms with Gasteiger partial charge in [-0.3, -0.25) is 14.4 Å². The van der Waals surface area contributed by atoms with Crippen LogP contribution in [0.25, 0.3) is 17.1 Å². The lowest BCUT2D eigenvalue weighted by Gasteiger charge is -2.47. The van der Waals surface area contributed by atoms with Gasteiger partial charge in [-0.25, -0.2) is 14.5 Å². The third-order valence-electron chi connectivity index (χ3n) is 12.1. The number of aliphatic carboxylic acids is 1. The van der Waals surface area contributed by atoms with Gasteiger partial charge in [-0.05, 0) is 85.3 Å². The van der Waals surface area contributed by atoms with Crippen molar-refractivity contribution < 1.29 is 49.4 Å². The van der Waals surface area contributed by atoms with Crippen LogP contribution >= 0.6 is 0 Å². The first kappa shape index (κ1) is 45.6. The van der Waals surface area contributed by atoms with Gasteiger partial charge < -0.3 is 51.2 Å². The van der Waals surface area contributed by atoms with Gasteiger partial charge in [-0.2, -0.15) is 0 Å². The van der Waals surface area contributed by atoms with Crippen LogP contribution in [0.2, 0.25) is 0 Å². The van der Waals surface area contributed by atoms with Gasteiger partial charge in [-0.15, -0.1) is 5.10 Å². The Balaban J connectivity index is 1.05. The van der Waals surface area contributed by atoms with Crippen LogP contribution in [-0.4, -0.2) is 117 Å². The molecule has 1 saturated heterocycles. The quantitative estimate of drug-likeness (QED) is 0.0690. The van der Waals surface area contributed by atoms with E-state index in [0.29, 0.717) is 22.3 Å². The molecule has 1 saturated carbocycles. The fraction of sp³-hybridized carbons (Fsp3) is 0.413. The number of amides is 3. The molecular weight excluding hydrogens is 825 g/mol. The van der Waals surface area contributed by atoms with Crippen molar-refractivity contribution >= 4 is 40.8 Å². The zero-order chi connectivity index (χ0) is 45.5. The lowest BCUT2D eigenvalue weighted by Crippen LogP contribution is -2.67. The van der Waals surface area contributed by atoms with Crippen molar-refractivity contribution in [1.82, 2.24) is 40.9 Å². The van der Waals surface area contributed by atoms with Crippen molar-refractivity contribution in [2.24, 2.45) is 0 Å². The highest BCUT2D eigenvalue weighted by molar-refractivity contribution is 5.97. The van der Waals surface area contributed by atoms with Crippen molar-refractivity contribution in [3.63, 3.8) is 0 Å². The molecule has 0 bridgehead atoms. The van der Waals surface area contributed by atoms with Crippen LogP contribution in [0.4, 0.5) is 0 Å². The van der Waals surface area contributed by atoms with Crippen molar-refractivity contribution in [1.29, 1.82) is 0 Å². The number of H-pyrrole nitrogens is 1. The minimum atomic E-state index is -2.13. The van der Waals surface area contributed by atoms with E-state index in [0.717, 1.165) is 54.4 Å². The van der Waals surface area contributed by atoms with Crippen LogP contribution in [0.1, 0.15) is 99.5 Å². The Hall–Kier alpha value is -6.47. The van der Waals surface area contributed by atoms with Crippen molar-refractivity contribution in [2.75, 3.05) is 6.54 Å². The Morgan fingerprint density at radius 2 is 1.73 bits per heavy atom. The van der Waals surface area contributed by atoms with Gasteiger partial charge in [0, 0.05) is 49.2 Å². The maximum absolute atomic E-state index is 13.5. The number of hydrogen-bond acceptors (Lipinski definition) is 12. The molecule has 1 aliphatic carbocycles. The average Bonchev–Trinajstić information content (AvgIpc) is 3.97. The number of aromatic hydroxyl groups is 1. The number of nitrogens with one attached hydrogen (secondary N) is 4. The topological polar surface area (TPSA) is 274 Å². The molecule has 3 amide bonds. The first-order valence-corrected chi connectivity index (χ1v) is 21.4. The Morgan fingerprint density at radius 3 is 2.48 bits per heavy atom. The summed E-state index contributed by atoms with van der Waals surface area (Å²) in [6.45, 7) is 2.65. The number of nitrogens with zero attached hydrogens (tertiary/aromatic N) is 4. The first-order chi connectivity index (χ1) is 30.7. The number of benzene rings is 3. The average molecular weight is 879 g/mol. The number of phenols is 1. The molecule has 0 spiro atoms. The molecule has 3 heterocycles. The number of aliphatic hydroxyl groups is 3. The highest BCUT2D eigenvalue weighted by Gasteiger charge is 2.54. The largest absolute Gasteiger partial charge is 0.507 e. The Morgan fingerprint density at radius 1 is 0.984 bits per heavy atom. The van der Waals surface area contributed by atoms with Gasteiger partial charge >= 0.3 is 5.97 Å². The number of carbonyl (C=O) groups excluding carboxylic acids is 3. The molecule has 6 atom stereocenters. The first-order valence-electron chi connectivity index (χ1n) is 21.4. The summed E-state index contributed by atoms with van der Waals surface area (Å²) >= 11 is 0. The molecule has 338 valence electrons. The van der Waals surface area contributed by atoms with Crippen molar-refractivity contribution in [3.05, 3.63) is 112 Å². The molecule has 64 heavy (non-hydrogen) atoms. The molecule has 2 aliphatic rings. The second-order valence-electron chi connectivity index (χ2n) is 16.8. The van der Waals surface area contributed by atoms with Gasteiger partial charge in [0.05, 0.1) is 41.3 Å². The van der Waals surface area contributed by atoms with E-state index < -0.39 is 66.8 Å². The molecule has 0 unspecified atom stereocenters. The minimum absolute atomic E-state index is 0.0356. The summed E-state index contributed by atoms with van der Waals surface area (Å²) in [7, 11) is 0. The fourth-order valence-electron chi connectivity index (χ4n) is 8.52. The number of aromatic amines is 1. The Bertz CT molecular complexity index is 2490. The summed E-state index contributed by atoms with van der Waals surface area (Å²) < 4.78 is 7.57. The standard InChI is InChI=1S/C46H54N8O10/c1-26-16-32(17-27(2)40(26)58)44(61)48-22-37(56)41(59)42-39(51-38(57)24-54-23-35(52-53-54)30-11-4-3-5-12-30)36(55)20-46(64-42,45(62)63)15-7-10-28-8-6-9-29(18-28)21-47-43(60)31-13-14-33-34(19-31)50-25-49-33/h6-10,13-14,16-19,23,25,30,36-37,39,41-42,55-56,58-59H,3-5,11-12,15,20-22,24H2,1-2H3,(H,47,60)(H,48,61)(H,49,50)(H,51,57)(H,62,63)/b10-7+/t36-,37+,39+,41+,42+,46+/m0/s1. The Labute approximate surface area is 368 Å². The molecule has 1 aliphatic heterocycles. The summed E-state index contributed by atoms with van der Waals surface area (Å²) in [5.74, 6) is -2.71. The summed E-state index contributed by atoms with van der Waals surface area (Å²) in [5, 5.41) is 71.8. The maximum Gasteiger partial charge on any atom is 0.336 e. The zero-order valence-corrected chi connectivity index (χ0v) is 35.6. The second-order valence-corrected chi connectivity index (χ2v) is 16.8. The van der Waals surface area contributed by atoms with Crippen LogP contribution in [0, 0.1) is 13.8 Å². The number of aryl methyl sites for hydroxylation is 2. The number of phenolic OH excluding ortho intramolecular Hbond substituents is 1. The van der Waals surface area contributed by atoms with E-state index in [1.807, 2.05) is 12.1 Å². The van der Waals surface area contributed by atoms with E-state index in [1.54, 1.807) is 68.9 Å². The third kappa shape index (κ3) is 10.6. The molecule has 5 aromatic rings. The number of carboxylic acids is 1. The van der Waals surface area contributed by atoms with Crippen LogP contribution < -0.4 is 16.0 Å². The third-order valence-corrected chi connectivity index (χ3v) is 12.1. The van der Waals surface area contributed by atoms with E-state index in [2.05, 4.69) is 36.2 Å². The van der Waals surface area contributed by atoms with Gasteiger partial charge in [-0.1, -0.05) is 54.8 Å². The highest BCUT2D eigenvalue weighted by Crippen LogP contribution is 2.36. The number of aromatic nitrogens is 5. The molecule has 2 aromatic heterocycles. The lowest BCUT2D eigenvalue weighted by atomic mass is 9.81. The van der Waals surface area contributed by atoms with Crippen LogP contribution in [0.5, 0.6) is 5.75 Å². The molecule has 2 fully saturated rings. The van der Waals surface area contributed by atoms with E-state index >= 15 is 0 Å². The number of imidazole rings is 1. The predicted molar refractivity (Wildman–Crippen MR) is 233 cm³/mol. The van der Waals surface area contributed by atoms with Crippen LogP contribution in [-0.2, 0) is 27.4 Å². The molecule has 9 N–H and O–H groups in total. The summed E-state index contributed by atoms with van der Waals surface area (Å²) in [6, 6.07) is 13.9. The fourth-order valence-corrected chi connectivity index (χ4v) is 8.52. The number of aliphatic hydroxyl groups excluding tert-OH is 3. The number of fused-ring (bicyclic) bond motifs is 1. The summed E-state index contributed by atoms with van der Waals surface area (Å²) in [4.78, 5) is 59.7. The highest BCUT2D eigenvalue weighted by atomic mass is 16.6. The van der Waals surface area contributed by atoms with Crippen LogP contribution in [0.3, 0.4) is 0 Å². The molecule has 18 heteroatoms.